The number of benzene rings is 1. The number of halogens is 1. The molecule has 2 heterocycles. The van der Waals surface area contributed by atoms with Gasteiger partial charge >= 0.3 is 0 Å². The van der Waals surface area contributed by atoms with Gasteiger partial charge in [0.15, 0.2) is 5.17 Å². The highest BCUT2D eigenvalue weighted by Crippen LogP contribution is 2.42. The van der Waals surface area contributed by atoms with Crippen LogP contribution >= 0.6 is 39.0 Å². The van der Waals surface area contributed by atoms with Gasteiger partial charge in [-0.2, -0.15) is 0 Å². The van der Waals surface area contributed by atoms with Crippen LogP contribution in [0.5, 0.6) is 0 Å². The van der Waals surface area contributed by atoms with Gasteiger partial charge in [0, 0.05) is 23.4 Å². The van der Waals surface area contributed by atoms with Crippen molar-refractivity contribution in [3.05, 3.63) is 51.1 Å². The van der Waals surface area contributed by atoms with E-state index in [0.29, 0.717) is 5.37 Å². The standard InChI is InChI=1S/C14H14BrN3S2/c1-17-13(12-4-3-9-19-12)20-14(18(17)2)16-11-7-5-10(15)6-8-11/h3-9,13H,1-2H3. The Morgan fingerprint density at radius 2 is 1.90 bits per heavy atom. The molecule has 0 aliphatic carbocycles. The summed E-state index contributed by atoms with van der Waals surface area (Å²) in [5.41, 5.74) is 0.975. The van der Waals surface area contributed by atoms with Crippen molar-refractivity contribution in [1.82, 2.24) is 10.0 Å². The van der Waals surface area contributed by atoms with E-state index in [-0.39, 0.29) is 0 Å². The Morgan fingerprint density at radius 3 is 2.55 bits per heavy atom. The lowest BCUT2D eigenvalue weighted by atomic mass is 10.3. The van der Waals surface area contributed by atoms with Gasteiger partial charge in [-0.05, 0) is 35.7 Å². The van der Waals surface area contributed by atoms with E-state index >= 15 is 0 Å². The van der Waals surface area contributed by atoms with Crippen molar-refractivity contribution >= 4 is 49.9 Å². The van der Waals surface area contributed by atoms with Crippen LogP contribution in [-0.2, 0) is 0 Å². The first-order chi connectivity index (χ1) is 9.65. The number of hydrazine groups is 1. The van der Waals surface area contributed by atoms with Gasteiger partial charge in [0.25, 0.3) is 0 Å². The van der Waals surface area contributed by atoms with Gasteiger partial charge in [0.1, 0.15) is 5.37 Å². The molecule has 0 saturated carbocycles. The zero-order valence-corrected chi connectivity index (χ0v) is 14.4. The highest BCUT2D eigenvalue weighted by atomic mass is 79.9. The average Bonchev–Trinajstić information content (AvgIpc) is 3.05. The van der Waals surface area contributed by atoms with E-state index in [1.54, 1.807) is 23.1 Å². The molecule has 1 unspecified atom stereocenters. The Labute approximate surface area is 135 Å². The number of aliphatic imine (C=N–C) groups is 1. The molecule has 0 bridgehead atoms. The van der Waals surface area contributed by atoms with E-state index in [1.807, 2.05) is 24.3 Å². The monoisotopic (exact) mass is 367 g/mol. The molecule has 0 spiro atoms. The molecule has 1 saturated heterocycles. The zero-order chi connectivity index (χ0) is 14.1. The molecule has 104 valence electrons. The highest BCUT2D eigenvalue weighted by molar-refractivity contribution is 9.10. The third kappa shape index (κ3) is 2.79. The smallest absolute Gasteiger partial charge is 0.180 e. The molecule has 0 radical (unpaired) electrons. The second-order valence-corrected chi connectivity index (χ2v) is 7.40. The fourth-order valence-electron chi connectivity index (χ4n) is 1.94. The summed E-state index contributed by atoms with van der Waals surface area (Å²) in [4.78, 5) is 6.09. The first-order valence-corrected chi connectivity index (χ1v) is 8.71. The zero-order valence-electron chi connectivity index (χ0n) is 11.2. The lowest BCUT2D eigenvalue weighted by molar-refractivity contribution is 0.108. The fourth-order valence-corrected chi connectivity index (χ4v) is 4.39. The Balaban J connectivity index is 1.86. The van der Waals surface area contributed by atoms with Gasteiger partial charge < -0.3 is 0 Å². The average molecular weight is 368 g/mol. The van der Waals surface area contributed by atoms with Crippen LogP contribution in [0.1, 0.15) is 10.3 Å². The van der Waals surface area contributed by atoms with Crippen molar-refractivity contribution in [2.75, 3.05) is 14.1 Å². The number of nitrogens with zero attached hydrogens (tertiary/aromatic N) is 3. The molecule has 1 aromatic heterocycles. The minimum absolute atomic E-state index is 0.314. The van der Waals surface area contributed by atoms with Crippen molar-refractivity contribution in [2.45, 2.75) is 5.37 Å². The maximum absolute atomic E-state index is 4.74. The van der Waals surface area contributed by atoms with E-state index in [0.717, 1.165) is 15.3 Å². The summed E-state index contributed by atoms with van der Waals surface area (Å²) in [7, 11) is 4.15. The molecule has 0 amide bonds. The summed E-state index contributed by atoms with van der Waals surface area (Å²) in [6.07, 6.45) is 0. The molecule has 3 nitrogen and oxygen atoms in total. The summed E-state index contributed by atoms with van der Waals surface area (Å²) in [6, 6.07) is 12.3. The van der Waals surface area contributed by atoms with Gasteiger partial charge in [-0.15, -0.1) is 11.3 Å². The second-order valence-electron chi connectivity index (χ2n) is 4.45. The fraction of sp³-hybridized carbons (Fsp3) is 0.214. The molecule has 1 aliphatic rings. The Bertz CT molecular complexity index is 610. The highest BCUT2D eigenvalue weighted by Gasteiger charge is 2.33. The van der Waals surface area contributed by atoms with E-state index < -0.39 is 0 Å². The molecule has 0 N–H and O–H groups in total. The van der Waals surface area contributed by atoms with Crippen molar-refractivity contribution in [3.8, 4) is 0 Å². The topological polar surface area (TPSA) is 18.8 Å². The van der Waals surface area contributed by atoms with Gasteiger partial charge in [0.05, 0.1) is 5.69 Å². The second kappa shape index (κ2) is 5.89. The summed E-state index contributed by atoms with van der Waals surface area (Å²) < 4.78 is 1.07. The van der Waals surface area contributed by atoms with Gasteiger partial charge in [-0.25, -0.2) is 10.0 Å². The largest absolute Gasteiger partial charge is 0.286 e. The first kappa shape index (κ1) is 14.1. The minimum Gasteiger partial charge on any atom is -0.286 e. The number of thiophene rings is 1. The summed E-state index contributed by atoms with van der Waals surface area (Å²) >= 11 is 7.01. The molecule has 2 aromatic rings. The number of hydrogen-bond acceptors (Lipinski definition) is 4. The molecule has 20 heavy (non-hydrogen) atoms. The molecule has 6 heteroatoms. The maximum atomic E-state index is 4.74. The van der Waals surface area contributed by atoms with Crippen molar-refractivity contribution in [2.24, 2.45) is 4.99 Å². The molecule has 1 atom stereocenters. The van der Waals surface area contributed by atoms with Gasteiger partial charge in [0.2, 0.25) is 0 Å². The van der Waals surface area contributed by atoms with Crippen LogP contribution in [0.4, 0.5) is 5.69 Å². The summed E-state index contributed by atoms with van der Waals surface area (Å²) in [5.74, 6) is 0. The van der Waals surface area contributed by atoms with Crippen LogP contribution in [0, 0.1) is 0 Å². The molecular formula is C14H14BrN3S2. The maximum Gasteiger partial charge on any atom is 0.180 e. The van der Waals surface area contributed by atoms with E-state index in [4.69, 9.17) is 4.99 Å². The third-order valence-corrected chi connectivity index (χ3v) is 6.10. The van der Waals surface area contributed by atoms with E-state index in [1.165, 1.54) is 4.88 Å². The number of hydrogen-bond donors (Lipinski definition) is 0. The third-order valence-electron chi connectivity index (χ3n) is 3.14. The lowest BCUT2D eigenvalue weighted by Gasteiger charge is -2.23. The van der Waals surface area contributed by atoms with Crippen LogP contribution in [0.25, 0.3) is 0 Å². The van der Waals surface area contributed by atoms with E-state index in [9.17, 15) is 0 Å². The normalized spacial score (nSPS) is 21.9. The van der Waals surface area contributed by atoms with Crippen LogP contribution in [-0.4, -0.2) is 29.3 Å². The quantitative estimate of drug-likeness (QED) is 0.764. The van der Waals surface area contributed by atoms with Crippen molar-refractivity contribution in [3.63, 3.8) is 0 Å². The predicted molar refractivity (Wildman–Crippen MR) is 91.4 cm³/mol. The first-order valence-electron chi connectivity index (χ1n) is 6.16. The van der Waals surface area contributed by atoms with Crippen LogP contribution in [0.2, 0.25) is 0 Å². The lowest BCUT2D eigenvalue weighted by Crippen LogP contribution is -2.33. The Morgan fingerprint density at radius 1 is 1.15 bits per heavy atom. The summed E-state index contributed by atoms with van der Waals surface area (Å²) in [5, 5.41) is 7.78. The molecule has 1 fully saturated rings. The number of thioether (sulfide) groups is 1. The molecule has 1 aromatic carbocycles. The Hall–Kier alpha value is -0.820. The number of amidine groups is 1. The SMILES string of the molecule is CN1C(=Nc2ccc(Br)cc2)SC(c2cccs2)N1C. The van der Waals surface area contributed by atoms with Crippen LogP contribution in [0.3, 0.4) is 0 Å². The summed E-state index contributed by atoms with van der Waals surface area (Å²) in [6.45, 7) is 0. The van der Waals surface area contributed by atoms with Gasteiger partial charge in [-0.3, -0.25) is 5.01 Å². The predicted octanol–water partition coefficient (Wildman–Crippen LogP) is 4.72. The minimum atomic E-state index is 0.314. The van der Waals surface area contributed by atoms with E-state index in [2.05, 4.69) is 57.6 Å². The molecular weight excluding hydrogens is 354 g/mol. The van der Waals surface area contributed by atoms with Crippen LogP contribution in [0.15, 0.2) is 51.2 Å². The van der Waals surface area contributed by atoms with Crippen molar-refractivity contribution in [1.29, 1.82) is 0 Å². The Kier molecular flexibility index (Phi) is 4.16. The van der Waals surface area contributed by atoms with Gasteiger partial charge in [-0.1, -0.05) is 33.8 Å². The number of rotatable bonds is 2. The molecule has 1 aliphatic heterocycles. The van der Waals surface area contributed by atoms with Crippen LogP contribution < -0.4 is 0 Å². The molecule has 3 rings (SSSR count). The van der Waals surface area contributed by atoms with Crippen molar-refractivity contribution < 1.29 is 0 Å².